The first-order valence-electron chi connectivity index (χ1n) is 5.77. The van der Waals surface area contributed by atoms with Crippen LogP contribution in [0.3, 0.4) is 0 Å². The van der Waals surface area contributed by atoms with Gasteiger partial charge in [0.05, 0.1) is 0 Å². The second-order valence-corrected chi connectivity index (χ2v) is 4.36. The van der Waals surface area contributed by atoms with Gasteiger partial charge in [0.1, 0.15) is 5.82 Å². The Balaban J connectivity index is 1.74. The Labute approximate surface area is 99.5 Å². The fraction of sp³-hybridized carbons (Fsp3) is 0.214. The third-order valence-corrected chi connectivity index (χ3v) is 3.12. The summed E-state index contributed by atoms with van der Waals surface area (Å²) >= 11 is 0. The van der Waals surface area contributed by atoms with Crippen LogP contribution < -0.4 is 5.32 Å². The van der Waals surface area contributed by atoms with Gasteiger partial charge < -0.3 is 5.32 Å². The predicted molar refractivity (Wildman–Crippen MR) is 65.5 cm³/mol. The Morgan fingerprint density at radius 1 is 1.00 bits per heavy atom. The number of hydrogen-bond acceptors (Lipinski definition) is 2. The van der Waals surface area contributed by atoms with E-state index >= 15 is 0 Å². The van der Waals surface area contributed by atoms with Gasteiger partial charge in [0, 0.05) is 6.04 Å². The van der Waals surface area contributed by atoms with Crippen molar-refractivity contribution in [3.63, 3.8) is 0 Å². The van der Waals surface area contributed by atoms with Crippen LogP contribution in [0, 0.1) is 5.95 Å². The second-order valence-electron chi connectivity index (χ2n) is 4.36. The SMILES string of the molecule is Fc1cccc(NC2Cc3ccccc3C2)n1. The summed E-state index contributed by atoms with van der Waals surface area (Å²) in [5.74, 6) is 0.174. The molecule has 0 unspecified atom stereocenters. The van der Waals surface area contributed by atoms with Gasteiger partial charge in [0.2, 0.25) is 5.95 Å². The van der Waals surface area contributed by atoms with Crippen LogP contribution in [0.25, 0.3) is 0 Å². The number of fused-ring (bicyclic) bond motifs is 1. The van der Waals surface area contributed by atoms with Crippen LogP contribution in [0.1, 0.15) is 11.1 Å². The van der Waals surface area contributed by atoms with Crippen molar-refractivity contribution < 1.29 is 4.39 Å². The Hall–Kier alpha value is -1.90. The second kappa shape index (κ2) is 4.17. The third kappa shape index (κ3) is 2.13. The van der Waals surface area contributed by atoms with Crippen molar-refractivity contribution in [3.8, 4) is 0 Å². The fourth-order valence-corrected chi connectivity index (χ4v) is 2.36. The summed E-state index contributed by atoms with van der Waals surface area (Å²) in [4.78, 5) is 3.82. The summed E-state index contributed by atoms with van der Waals surface area (Å²) in [5, 5.41) is 3.28. The molecule has 0 saturated carbocycles. The molecule has 0 amide bonds. The molecule has 1 aliphatic carbocycles. The molecule has 86 valence electrons. The Kier molecular flexibility index (Phi) is 2.52. The van der Waals surface area contributed by atoms with E-state index in [1.807, 2.05) is 0 Å². The molecule has 0 aliphatic heterocycles. The van der Waals surface area contributed by atoms with Gasteiger partial charge in [-0.15, -0.1) is 0 Å². The van der Waals surface area contributed by atoms with Crippen molar-refractivity contribution in [2.75, 3.05) is 5.32 Å². The standard InChI is InChI=1S/C14H13FN2/c15-13-6-3-7-14(17-13)16-12-8-10-4-1-2-5-11(10)9-12/h1-7,12H,8-9H2,(H,16,17). The molecule has 1 N–H and O–H groups in total. The number of hydrogen-bond donors (Lipinski definition) is 1. The number of halogens is 1. The average Bonchev–Trinajstić information content (AvgIpc) is 2.71. The molecule has 17 heavy (non-hydrogen) atoms. The predicted octanol–water partition coefficient (Wildman–Crippen LogP) is 2.80. The molecule has 0 fully saturated rings. The highest BCUT2D eigenvalue weighted by Gasteiger charge is 2.20. The topological polar surface area (TPSA) is 24.9 Å². The van der Waals surface area contributed by atoms with Gasteiger partial charge in [-0.05, 0) is 36.1 Å². The van der Waals surface area contributed by atoms with E-state index in [0.29, 0.717) is 11.9 Å². The lowest BCUT2D eigenvalue weighted by molar-refractivity contribution is 0.583. The van der Waals surface area contributed by atoms with Gasteiger partial charge >= 0.3 is 0 Å². The summed E-state index contributed by atoms with van der Waals surface area (Å²) in [6.07, 6.45) is 1.96. The zero-order valence-electron chi connectivity index (χ0n) is 9.36. The lowest BCUT2D eigenvalue weighted by Crippen LogP contribution is -2.20. The van der Waals surface area contributed by atoms with E-state index < -0.39 is 5.95 Å². The van der Waals surface area contributed by atoms with Gasteiger partial charge in [0.25, 0.3) is 0 Å². The Morgan fingerprint density at radius 2 is 1.71 bits per heavy atom. The summed E-state index contributed by atoms with van der Waals surface area (Å²) < 4.78 is 13.0. The summed E-state index contributed by atoms with van der Waals surface area (Å²) in [7, 11) is 0. The van der Waals surface area contributed by atoms with E-state index in [0.717, 1.165) is 12.8 Å². The molecule has 1 aliphatic rings. The molecular formula is C14H13FN2. The smallest absolute Gasteiger partial charge is 0.214 e. The minimum Gasteiger partial charge on any atom is -0.367 e. The van der Waals surface area contributed by atoms with Crippen LogP contribution in [0.4, 0.5) is 10.2 Å². The first-order valence-corrected chi connectivity index (χ1v) is 5.77. The molecular weight excluding hydrogens is 215 g/mol. The number of aromatic nitrogens is 1. The number of rotatable bonds is 2. The first kappa shape index (κ1) is 10.3. The van der Waals surface area contributed by atoms with E-state index in [-0.39, 0.29) is 0 Å². The number of anilines is 1. The van der Waals surface area contributed by atoms with E-state index in [2.05, 4.69) is 34.6 Å². The third-order valence-electron chi connectivity index (χ3n) is 3.12. The molecule has 0 saturated heterocycles. The van der Waals surface area contributed by atoms with E-state index in [4.69, 9.17) is 0 Å². The molecule has 3 heteroatoms. The van der Waals surface area contributed by atoms with E-state index in [1.54, 1.807) is 12.1 Å². The highest BCUT2D eigenvalue weighted by molar-refractivity contribution is 5.41. The fourth-order valence-electron chi connectivity index (χ4n) is 2.36. The van der Waals surface area contributed by atoms with Gasteiger partial charge in [-0.2, -0.15) is 4.39 Å². The Bertz CT molecular complexity index is 514. The lowest BCUT2D eigenvalue weighted by Gasteiger charge is -2.12. The Morgan fingerprint density at radius 3 is 2.35 bits per heavy atom. The van der Waals surface area contributed by atoms with Crippen LogP contribution in [-0.4, -0.2) is 11.0 Å². The van der Waals surface area contributed by atoms with Crippen molar-refractivity contribution in [1.29, 1.82) is 0 Å². The largest absolute Gasteiger partial charge is 0.367 e. The minimum atomic E-state index is -0.439. The van der Waals surface area contributed by atoms with E-state index in [1.165, 1.54) is 17.2 Å². The lowest BCUT2D eigenvalue weighted by atomic mass is 10.1. The zero-order chi connectivity index (χ0) is 11.7. The average molecular weight is 228 g/mol. The number of pyridine rings is 1. The molecule has 0 bridgehead atoms. The normalized spacial score (nSPS) is 14.6. The van der Waals surface area contributed by atoms with Gasteiger partial charge in [-0.3, -0.25) is 0 Å². The van der Waals surface area contributed by atoms with Crippen LogP contribution in [0.2, 0.25) is 0 Å². The van der Waals surface area contributed by atoms with Crippen molar-refractivity contribution >= 4 is 5.82 Å². The summed E-state index contributed by atoms with van der Waals surface area (Å²) in [6.45, 7) is 0. The molecule has 1 heterocycles. The molecule has 1 aromatic carbocycles. The van der Waals surface area contributed by atoms with Gasteiger partial charge in [0.15, 0.2) is 0 Å². The quantitative estimate of drug-likeness (QED) is 0.799. The van der Waals surface area contributed by atoms with Crippen LogP contribution in [0.5, 0.6) is 0 Å². The maximum Gasteiger partial charge on any atom is 0.214 e. The van der Waals surface area contributed by atoms with E-state index in [9.17, 15) is 4.39 Å². The van der Waals surface area contributed by atoms with Gasteiger partial charge in [-0.1, -0.05) is 30.3 Å². The van der Waals surface area contributed by atoms with Crippen molar-refractivity contribution in [2.24, 2.45) is 0 Å². The number of benzene rings is 1. The molecule has 0 atom stereocenters. The zero-order valence-corrected chi connectivity index (χ0v) is 9.36. The number of nitrogens with zero attached hydrogens (tertiary/aromatic N) is 1. The van der Waals surface area contributed by atoms with Crippen LogP contribution in [-0.2, 0) is 12.8 Å². The van der Waals surface area contributed by atoms with Crippen molar-refractivity contribution in [1.82, 2.24) is 4.98 Å². The molecule has 0 spiro atoms. The summed E-state index contributed by atoms with van der Waals surface area (Å²) in [6, 6.07) is 13.6. The maximum absolute atomic E-state index is 13.0. The van der Waals surface area contributed by atoms with Crippen molar-refractivity contribution in [3.05, 3.63) is 59.5 Å². The molecule has 2 nitrogen and oxygen atoms in total. The van der Waals surface area contributed by atoms with Crippen molar-refractivity contribution in [2.45, 2.75) is 18.9 Å². The maximum atomic E-state index is 13.0. The molecule has 3 rings (SSSR count). The summed E-state index contributed by atoms with van der Waals surface area (Å²) in [5.41, 5.74) is 2.75. The van der Waals surface area contributed by atoms with Crippen LogP contribution >= 0.6 is 0 Å². The number of nitrogens with one attached hydrogen (secondary N) is 1. The minimum absolute atomic E-state index is 0.321. The molecule has 0 radical (unpaired) electrons. The highest BCUT2D eigenvalue weighted by Crippen LogP contribution is 2.23. The molecule has 1 aromatic heterocycles. The molecule has 2 aromatic rings. The first-order chi connectivity index (χ1) is 8.31. The monoisotopic (exact) mass is 228 g/mol. The van der Waals surface area contributed by atoms with Crippen LogP contribution in [0.15, 0.2) is 42.5 Å². The van der Waals surface area contributed by atoms with Gasteiger partial charge in [-0.25, -0.2) is 4.98 Å². The highest BCUT2D eigenvalue weighted by atomic mass is 19.1.